The number of aliphatic hydroxyl groups is 1. The molecule has 2 N–H and O–H groups in total. The fourth-order valence-corrected chi connectivity index (χ4v) is 4.88. The van der Waals surface area contributed by atoms with Crippen LogP contribution >= 0.6 is 11.6 Å². The fraction of sp³-hybridized carbons (Fsp3) is 0.857. The number of halogens is 1. The number of unbranched alkanes of at least 4 members (excludes halogenated alkanes) is 1. The summed E-state index contributed by atoms with van der Waals surface area (Å²) in [6.45, 7) is 4.26. The van der Waals surface area contributed by atoms with Gasteiger partial charge < -0.3 is 10.2 Å². The van der Waals surface area contributed by atoms with E-state index in [0.717, 1.165) is 51.6 Å². The van der Waals surface area contributed by atoms with Gasteiger partial charge in [0.05, 0.1) is 11.5 Å². The monoisotopic (exact) mass is 385 g/mol. The molecule has 1 heterocycles. The number of hydrogen-bond donors (Lipinski definition) is 2. The van der Waals surface area contributed by atoms with Crippen molar-refractivity contribution in [3.05, 3.63) is 12.2 Å². The molecule has 0 aromatic carbocycles. The van der Waals surface area contributed by atoms with E-state index in [1.54, 1.807) is 0 Å². The van der Waals surface area contributed by atoms with Crippen LogP contribution in [0.25, 0.3) is 0 Å². The zero-order chi connectivity index (χ0) is 19.0. The first-order valence-corrected chi connectivity index (χ1v) is 10.8. The highest BCUT2D eigenvalue weighted by Crippen LogP contribution is 2.47. The van der Waals surface area contributed by atoms with Gasteiger partial charge in [-0.1, -0.05) is 25.5 Å². The second-order valence-corrected chi connectivity index (χ2v) is 8.69. The largest absolute Gasteiger partial charge is 0.481 e. The van der Waals surface area contributed by atoms with Crippen LogP contribution in [0.5, 0.6) is 0 Å². The van der Waals surface area contributed by atoms with E-state index in [9.17, 15) is 9.90 Å². The molecule has 5 heteroatoms. The lowest BCUT2D eigenvalue weighted by Gasteiger charge is -2.45. The smallest absolute Gasteiger partial charge is 0.303 e. The van der Waals surface area contributed by atoms with Crippen LogP contribution in [0.2, 0.25) is 0 Å². The highest BCUT2D eigenvalue weighted by molar-refractivity contribution is 6.21. The van der Waals surface area contributed by atoms with E-state index in [2.05, 4.69) is 24.0 Å². The standard InChI is InChI=1S/C21H36ClNO3/c1-2-21(13-8-14-21)19(24)10-7-15-23-16-12-17(22)18(23)9-5-3-4-6-11-20(25)26/h3,5,17-19,24H,2,4,6-16H2,1H3,(H,25,26)/b5-3-/t17-,18+,19?/m1/s1. The summed E-state index contributed by atoms with van der Waals surface area (Å²) in [6.07, 6.45) is 14.5. The van der Waals surface area contributed by atoms with Gasteiger partial charge in [-0.15, -0.1) is 11.6 Å². The molecular weight excluding hydrogens is 350 g/mol. The zero-order valence-electron chi connectivity index (χ0n) is 16.2. The van der Waals surface area contributed by atoms with Crippen LogP contribution in [-0.2, 0) is 4.79 Å². The van der Waals surface area contributed by atoms with Gasteiger partial charge in [0.1, 0.15) is 0 Å². The number of nitrogens with zero attached hydrogens (tertiary/aromatic N) is 1. The Labute approximate surface area is 163 Å². The summed E-state index contributed by atoms with van der Waals surface area (Å²) < 4.78 is 0. The molecule has 0 amide bonds. The van der Waals surface area contributed by atoms with Gasteiger partial charge >= 0.3 is 5.97 Å². The van der Waals surface area contributed by atoms with Crippen LogP contribution in [0.15, 0.2) is 12.2 Å². The molecule has 1 unspecified atom stereocenters. The van der Waals surface area contributed by atoms with Crippen molar-refractivity contribution in [2.45, 2.75) is 95.1 Å². The van der Waals surface area contributed by atoms with E-state index in [1.807, 2.05) is 0 Å². The minimum absolute atomic E-state index is 0.150. The molecule has 150 valence electrons. The van der Waals surface area contributed by atoms with Crippen molar-refractivity contribution >= 4 is 17.6 Å². The third-order valence-corrected chi connectivity index (χ3v) is 7.08. The highest BCUT2D eigenvalue weighted by Gasteiger charge is 2.41. The van der Waals surface area contributed by atoms with Crippen molar-refractivity contribution in [1.82, 2.24) is 4.90 Å². The van der Waals surface area contributed by atoms with Gasteiger partial charge in [0.25, 0.3) is 0 Å². The lowest BCUT2D eigenvalue weighted by Crippen LogP contribution is -2.41. The summed E-state index contributed by atoms with van der Waals surface area (Å²) in [7, 11) is 0. The predicted molar refractivity (Wildman–Crippen MR) is 107 cm³/mol. The number of aliphatic hydroxyl groups excluding tert-OH is 1. The van der Waals surface area contributed by atoms with Gasteiger partial charge in [-0.05, 0) is 76.3 Å². The summed E-state index contributed by atoms with van der Waals surface area (Å²) in [6, 6.07) is 0.369. The maximum absolute atomic E-state index is 10.6. The molecule has 1 saturated heterocycles. The molecule has 0 aromatic rings. The first-order chi connectivity index (χ1) is 12.5. The van der Waals surface area contributed by atoms with Gasteiger partial charge in [-0.2, -0.15) is 0 Å². The minimum Gasteiger partial charge on any atom is -0.481 e. The number of hydrogen-bond acceptors (Lipinski definition) is 3. The van der Waals surface area contributed by atoms with Gasteiger partial charge in [0.2, 0.25) is 0 Å². The maximum Gasteiger partial charge on any atom is 0.303 e. The van der Waals surface area contributed by atoms with Crippen molar-refractivity contribution in [2.24, 2.45) is 5.41 Å². The zero-order valence-corrected chi connectivity index (χ0v) is 17.0. The Bertz CT molecular complexity index is 459. The SMILES string of the molecule is CCC1(C(O)CCCN2CC[C@@H](Cl)[C@@H]2C/C=C\CCCC(=O)O)CCC1. The first-order valence-electron chi connectivity index (χ1n) is 10.4. The molecule has 4 nitrogen and oxygen atoms in total. The number of allylic oxidation sites excluding steroid dienone is 1. The molecule has 2 aliphatic rings. The molecule has 26 heavy (non-hydrogen) atoms. The average Bonchev–Trinajstić information content (AvgIpc) is 2.90. The number of alkyl halides is 1. The van der Waals surface area contributed by atoms with Crippen LogP contribution in [0.1, 0.15) is 77.6 Å². The van der Waals surface area contributed by atoms with Crippen molar-refractivity contribution in [3.8, 4) is 0 Å². The molecule has 0 spiro atoms. The molecule has 0 radical (unpaired) electrons. The van der Waals surface area contributed by atoms with Crippen molar-refractivity contribution in [2.75, 3.05) is 13.1 Å². The second kappa shape index (κ2) is 10.7. The first kappa shape index (κ1) is 21.7. The normalized spacial score (nSPS) is 26.9. The Morgan fingerprint density at radius 1 is 1.35 bits per heavy atom. The van der Waals surface area contributed by atoms with Crippen LogP contribution in [-0.4, -0.2) is 51.7 Å². The Morgan fingerprint density at radius 3 is 2.73 bits per heavy atom. The number of carboxylic acids is 1. The van der Waals surface area contributed by atoms with Gasteiger partial charge in [0.15, 0.2) is 0 Å². The van der Waals surface area contributed by atoms with Crippen LogP contribution < -0.4 is 0 Å². The molecular formula is C21H36ClNO3. The lowest BCUT2D eigenvalue weighted by atomic mass is 9.62. The molecule has 1 aliphatic carbocycles. The quantitative estimate of drug-likeness (QED) is 0.293. The van der Waals surface area contributed by atoms with Gasteiger partial charge in [0, 0.05) is 12.5 Å². The van der Waals surface area contributed by atoms with Crippen LogP contribution in [0, 0.1) is 5.41 Å². The second-order valence-electron chi connectivity index (χ2n) is 8.13. The van der Waals surface area contributed by atoms with Crippen molar-refractivity contribution < 1.29 is 15.0 Å². The van der Waals surface area contributed by atoms with E-state index in [1.165, 1.54) is 19.3 Å². The third kappa shape index (κ3) is 5.97. The Hall–Kier alpha value is -0.580. The van der Waals surface area contributed by atoms with E-state index in [0.29, 0.717) is 12.5 Å². The van der Waals surface area contributed by atoms with Crippen molar-refractivity contribution in [3.63, 3.8) is 0 Å². The van der Waals surface area contributed by atoms with E-state index in [-0.39, 0.29) is 23.3 Å². The molecule has 1 saturated carbocycles. The maximum atomic E-state index is 10.6. The molecule has 3 atom stereocenters. The predicted octanol–water partition coefficient (Wildman–Crippen LogP) is 4.59. The molecule has 2 rings (SSSR count). The summed E-state index contributed by atoms with van der Waals surface area (Å²) in [5.41, 5.74) is 0.206. The topological polar surface area (TPSA) is 60.8 Å². The number of likely N-dealkylation sites (tertiary alicyclic amines) is 1. The lowest BCUT2D eigenvalue weighted by molar-refractivity contribution is -0.137. The van der Waals surface area contributed by atoms with Crippen molar-refractivity contribution in [1.29, 1.82) is 0 Å². The highest BCUT2D eigenvalue weighted by atomic mass is 35.5. The van der Waals surface area contributed by atoms with E-state index >= 15 is 0 Å². The molecule has 1 aliphatic heterocycles. The summed E-state index contributed by atoms with van der Waals surface area (Å²) in [5.74, 6) is -0.727. The number of aliphatic carboxylic acids is 1. The van der Waals surface area contributed by atoms with Crippen LogP contribution in [0.4, 0.5) is 0 Å². The summed E-state index contributed by atoms with van der Waals surface area (Å²) in [5, 5.41) is 19.4. The van der Waals surface area contributed by atoms with E-state index < -0.39 is 5.97 Å². The Morgan fingerprint density at radius 2 is 2.12 bits per heavy atom. The number of carboxylic acid groups (broad SMARTS) is 1. The molecule has 2 fully saturated rings. The van der Waals surface area contributed by atoms with Gasteiger partial charge in [-0.3, -0.25) is 9.69 Å². The third-order valence-electron chi connectivity index (χ3n) is 6.57. The number of rotatable bonds is 12. The summed E-state index contributed by atoms with van der Waals surface area (Å²) in [4.78, 5) is 13.0. The fourth-order valence-electron chi connectivity index (χ4n) is 4.52. The minimum atomic E-state index is -0.727. The van der Waals surface area contributed by atoms with Crippen LogP contribution in [0.3, 0.4) is 0 Å². The molecule has 0 aromatic heterocycles. The average molecular weight is 386 g/mol. The number of carbonyl (C=O) groups is 1. The Balaban J connectivity index is 1.68. The van der Waals surface area contributed by atoms with Gasteiger partial charge in [-0.25, -0.2) is 0 Å². The van der Waals surface area contributed by atoms with E-state index in [4.69, 9.17) is 16.7 Å². The summed E-state index contributed by atoms with van der Waals surface area (Å²) >= 11 is 6.52. The molecule has 0 bridgehead atoms. The Kier molecular flexibility index (Phi) is 8.92.